The minimum atomic E-state index is -0.798. The zero-order valence-electron chi connectivity index (χ0n) is 9.67. The highest BCUT2D eigenvalue weighted by Crippen LogP contribution is 2.11. The van der Waals surface area contributed by atoms with E-state index in [2.05, 4.69) is 15.2 Å². The molecule has 0 saturated carbocycles. The molecular weight excluding hydrogens is 218 g/mol. The van der Waals surface area contributed by atoms with Crippen molar-refractivity contribution in [1.82, 2.24) is 15.2 Å². The smallest absolute Gasteiger partial charge is 0.317 e. The fraction of sp³-hybridized carbons (Fsp3) is 0.500. The number of rotatable bonds is 5. The van der Waals surface area contributed by atoms with Crippen LogP contribution in [0.25, 0.3) is 0 Å². The lowest BCUT2D eigenvalue weighted by atomic mass is 10.2. The van der Waals surface area contributed by atoms with Crippen molar-refractivity contribution in [3.8, 4) is 0 Å². The summed E-state index contributed by atoms with van der Waals surface area (Å²) in [5, 5.41) is 11.6. The Bertz CT molecular complexity index is 369. The lowest BCUT2D eigenvalue weighted by Crippen LogP contribution is -2.35. The Morgan fingerprint density at radius 1 is 1.59 bits per heavy atom. The molecule has 0 radical (unpaired) electrons. The first-order chi connectivity index (χ1) is 8.24. The van der Waals surface area contributed by atoms with Crippen LogP contribution in [-0.2, 0) is 11.3 Å². The number of likely N-dealkylation sites (tertiary alicyclic amines) is 1. The van der Waals surface area contributed by atoms with Crippen LogP contribution in [0.15, 0.2) is 24.4 Å². The van der Waals surface area contributed by atoms with Crippen molar-refractivity contribution in [3.05, 3.63) is 30.1 Å². The number of aliphatic carboxylic acids is 1. The van der Waals surface area contributed by atoms with Crippen LogP contribution >= 0.6 is 0 Å². The molecule has 5 heteroatoms. The van der Waals surface area contributed by atoms with Gasteiger partial charge in [-0.15, -0.1) is 0 Å². The minimum Gasteiger partial charge on any atom is -0.480 e. The summed E-state index contributed by atoms with van der Waals surface area (Å²) in [5.41, 5.74) is 1.06. The lowest BCUT2D eigenvalue weighted by molar-refractivity contribution is -0.136. The molecule has 2 heterocycles. The van der Waals surface area contributed by atoms with Gasteiger partial charge in [-0.3, -0.25) is 14.7 Å². The van der Waals surface area contributed by atoms with E-state index in [1.165, 1.54) is 0 Å². The maximum atomic E-state index is 10.4. The third-order valence-electron chi connectivity index (χ3n) is 2.93. The molecule has 2 N–H and O–H groups in total. The van der Waals surface area contributed by atoms with Crippen molar-refractivity contribution >= 4 is 5.97 Å². The fourth-order valence-electron chi connectivity index (χ4n) is 2.10. The zero-order chi connectivity index (χ0) is 12.1. The number of carbonyl (C=O) groups is 1. The summed E-state index contributed by atoms with van der Waals surface area (Å²) in [6.07, 6.45) is 2.80. The Labute approximate surface area is 100 Å². The molecule has 1 unspecified atom stereocenters. The van der Waals surface area contributed by atoms with Crippen molar-refractivity contribution < 1.29 is 9.90 Å². The molecule has 1 aliphatic heterocycles. The van der Waals surface area contributed by atoms with Gasteiger partial charge in [0.05, 0.1) is 12.2 Å². The molecule has 2 rings (SSSR count). The maximum absolute atomic E-state index is 10.4. The summed E-state index contributed by atoms with van der Waals surface area (Å²) in [6, 6.07) is 6.19. The summed E-state index contributed by atoms with van der Waals surface area (Å²) < 4.78 is 0. The standard InChI is InChI=1S/C12H17N3O2/c16-12(17)7-14-11-4-6-15(9-11)8-10-3-1-2-5-13-10/h1-3,5,11,14H,4,6-9H2,(H,16,17). The second-order valence-corrected chi connectivity index (χ2v) is 4.32. The highest BCUT2D eigenvalue weighted by Gasteiger charge is 2.22. The van der Waals surface area contributed by atoms with Crippen molar-refractivity contribution in [1.29, 1.82) is 0 Å². The van der Waals surface area contributed by atoms with Gasteiger partial charge in [-0.1, -0.05) is 6.07 Å². The van der Waals surface area contributed by atoms with Gasteiger partial charge >= 0.3 is 5.97 Å². The summed E-state index contributed by atoms with van der Waals surface area (Å²) in [7, 11) is 0. The second-order valence-electron chi connectivity index (χ2n) is 4.32. The van der Waals surface area contributed by atoms with Crippen LogP contribution in [0.5, 0.6) is 0 Å². The van der Waals surface area contributed by atoms with E-state index in [0.29, 0.717) is 0 Å². The number of nitrogens with zero attached hydrogens (tertiary/aromatic N) is 2. The van der Waals surface area contributed by atoms with Crippen LogP contribution in [0.4, 0.5) is 0 Å². The molecule has 92 valence electrons. The minimum absolute atomic E-state index is 0.0437. The molecule has 1 aromatic rings. The molecule has 17 heavy (non-hydrogen) atoms. The number of nitrogens with one attached hydrogen (secondary N) is 1. The molecule has 1 saturated heterocycles. The Hall–Kier alpha value is -1.46. The van der Waals surface area contributed by atoms with Gasteiger partial charge in [-0.2, -0.15) is 0 Å². The van der Waals surface area contributed by atoms with Gasteiger partial charge in [0.2, 0.25) is 0 Å². The summed E-state index contributed by atoms with van der Waals surface area (Å²) in [4.78, 5) is 17.0. The van der Waals surface area contributed by atoms with Gasteiger partial charge in [0.15, 0.2) is 0 Å². The molecule has 0 aromatic carbocycles. The first kappa shape index (κ1) is 12.0. The average Bonchev–Trinajstić information content (AvgIpc) is 2.75. The van der Waals surface area contributed by atoms with Crippen LogP contribution in [0, 0.1) is 0 Å². The SMILES string of the molecule is O=C(O)CNC1CCN(Cc2ccccn2)C1. The van der Waals surface area contributed by atoms with Crippen LogP contribution in [0.2, 0.25) is 0 Å². The van der Waals surface area contributed by atoms with Gasteiger partial charge in [-0.05, 0) is 18.6 Å². The molecule has 0 spiro atoms. The van der Waals surface area contributed by atoms with Crippen LogP contribution in [0.1, 0.15) is 12.1 Å². The van der Waals surface area contributed by atoms with E-state index in [9.17, 15) is 4.79 Å². The van der Waals surface area contributed by atoms with Crippen LogP contribution in [0.3, 0.4) is 0 Å². The number of carboxylic acid groups (broad SMARTS) is 1. The van der Waals surface area contributed by atoms with Gasteiger partial charge in [0.25, 0.3) is 0 Å². The number of hydrogen-bond acceptors (Lipinski definition) is 4. The Morgan fingerprint density at radius 2 is 2.47 bits per heavy atom. The van der Waals surface area contributed by atoms with E-state index < -0.39 is 5.97 Å². The highest BCUT2D eigenvalue weighted by atomic mass is 16.4. The molecule has 1 fully saturated rings. The first-order valence-electron chi connectivity index (χ1n) is 5.81. The van der Waals surface area contributed by atoms with E-state index in [4.69, 9.17) is 5.11 Å². The summed E-state index contributed by atoms with van der Waals surface area (Å²) in [5.74, 6) is -0.798. The van der Waals surface area contributed by atoms with E-state index in [-0.39, 0.29) is 12.6 Å². The topological polar surface area (TPSA) is 65.5 Å². The van der Waals surface area contributed by atoms with Crippen molar-refractivity contribution in [2.45, 2.75) is 19.0 Å². The summed E-state index contributed by atoms with van der Waals surface area (Å²) >= 11 is 0. The van der Waals surface area contributed by atoms with Gasteiger partial charge in [-0.25, -0.2) is 0 Å². The molecule has 0 amide bonds. The number of carboxylic acids is 1. The Morgan fingerprint density at radius 3 is 3.18 bits per heavy atom. The molecule has 5 nitrogen and oxygen atoms in total. The quantitative estimate of drug-likeness (QED) is 0.770. The number of aromatic nitrogens is 1. The van der Waals surface area contributed by atoms with Gasteiger partial charge in [0, 0.05) is 31.9 Å². The van der Waals surface area contributed by atoms with E-state index in [1.807, 2.05) is 18.2 Å². The second kappa shape index (κ2) is 5.75. The largest absolute Gasteiger partial charge is 0.480 e. The first-order valence-corrected chi connectivity index (χ1v) is 5.81. The summed E-state index contributed by atoms with van der Waals surface area (Å²) in [6.45, 7) is 2.77. The lowest BCUT2D eigenvalue weighted by Gasteiger charge is -2.15. The van der Waals surface area contributed by atoms with Crippen molar-refractivity contribution in [3.63, 3.8) is 0 Å². The monoisotopic (exact) mass is 235 g/mol. The molecule has 0 bridgehead atoms. The molecule has 1 aromatic heterocycles. The third kappa shape index (κ3) is 3.80. The van der Waals surface area contributed by atoms with E-state index >= 15 is 0 Å². The zero-order valence-corrected chi connectivity index (χ0v) is 9.67. The molecular formula is C12H17N3O2. The predicted molar refractivity (Wildman–Crippen MR) is 63.6 cm³/mol. The van der Waals surface area contributed by atoms with Gasteiger partial charge in [0.1, 0.15) is 0 Å². The molecule has 1 aliphatic rings. The molecule has 0 aliphatic carbocycles. The highest BCUT2D eigenvalue weighted by molar-refractivity contribution is 5.69. The fourth-order valence-corrected chi connectivity index (χ4v) is 2.10. The van der Waals surface area contributed by atoms with Crippen LogP contribution < -0.4 is 5.32 Å². The number of pyridine rings is 1. The maximum Gasteiger partial charge on any atom is 0.317 e. The van der Waals surface area contributed by atoms with E-state index in [1.54, 1.807) is 6.20 Å². The average molecular weight is 235 g/mol. The van der Waals surface area contributed by atoms with Gasteiger partial charge < -0.3 is 10.4 Å². The predicted octanol–water partition coefficient (Wildman–Crippen LogP) is 0.330. The number of hydrogen-bond donors (Lipinski definition) is 2. The normalized spacial score (nSPS) is 20.6. The molecule has 1 atom stereocenters. The third-order valence-corrected chi connectivity index (χ3v) is 2.93. The van der Waals surface area contributed by atoms with E-state index in [0.717, 1.165) is 31.7 Å². The van der Waals surface area contributed by atoms with Crippen molar-refractivity contribution in [2.75, 3.05) is 19.6 Å². The Kier molecular flexibility index (Phi) is 4.06. The van der Waals surface area contributed by atoms with Crippen LogP contribution in [-0.4, -0.2) is 46.6 Å². The Balaban J connectivity index is 1.76. The van der Waals surface area contributed by atoms with Crippen molar-refractivity contribution in [2.24, 2.45) is 0 Å².